The van der Waals surface area contributed by atoms with Crippen LogP contribution in [0.15, 0.2) is 102 Å². The number of imidazole rings is 1. The summed E-state index contributed by atoms with van der Waals surface area (Å²) in [6, 6.07) is 17.8. The number of aliphatic hydroxyl groups is 1. The number of aromatic nitrogens is 3. The van der Waals surface area contributed by atoms with E-state index in [2.05, 4.69) is 52.6 Å². The predicted octanol–water partition coefficient (Wildman–Crippen LogP) is -2.81. The summed E-state index contributed by atoms with van der Waals surface area (Å²) >= 11 is 0. The molecule has 7 rings (SSSR count). The molecule has 1 fully saturated rings. The number of urea groups is 3. The Bertz CT molecular complexity index is 3970. The Kier molecular flexibility index (Phi) is 34.2. The van der Waals surface area contributed by atoms with Gasteiger partial charge in [0.2, 0.25) is 23.6 Å². The third-order valence-corrected chi connectivity index (χ3v) is 16.7. The molecular formula is C67H86N14Na2O18S. The number of anilines is 5. The largest absolute Gasteiger partial charge is 1.00 e. The van der Waals surface area contributed by atoms with Gasteiger partial charge in [-0.15, -0.1) is 0 Å². The number of carboxylic acids is 2. The molecule has 540 valence electrons. The summed E-state index contributed by atoms with van der Waals surface area (Å²) in [7, 11) is -4.20. The Hall–Kier alpha value is -8.06. The third-order valence-electron chi connectivity index (χ3n) is 15.3. The van der Waals surface area contributed by atoms with Gasteiger partial charge < -0.3 is 101 Å². The molecule has 1 aliphatic rings. The van der Waals surface area contributed by atoms with E-state index in [0.717, 1.165) is 5.39 Å². The van der Waals surface area contributed by atoms with Crippen LogP contribution in [0.5, 0.6) is 0 Å². The van der Waals surface area contributed by atoms with Crippen LogP contribution in [-0.4, -0.2) is 176 Å². The van der Waals surface area contributed by atoms with Crippen molar-refractivity contribution in [3.8, 4) is 0 Å². The van der Waals surface area contributed by atoms with Crippen molar-refractivity contribution in [3.05, 3.63) is 108 Å². The molecule has 102 heavy (non-hydrogen) atoms. The van der Waals surface area contributed by atoms with E-state index in [-0.39, 0.29) is 171 Å². The van der Waals surface area contributed by atoms with Crippen molar-refractivity contribution in [2.45, 2.75) is 128 Å². The van der Waals surface area contributed by atoms with Crippen molar-refractivity contribution < 1.29 is 145 Å². The third kappa shape index (κ3) is 26.3. The first kappa shape index (κ1) is 84.6. The van der Waals surface area contributed by atoms with Crippen LogP contribution >= 0.6 is 0 Å². The van der Waals surface area contributed by atoms with Gasteiger partial charge in [0.1, 0.15) is 36.1 Å². The summed E-state index contributed by atoms with van der Waals surface area (Å²) in [6.45, 7) is 12.4. The molecule has 0 spiro atoms. The van der Waals surface area contributed by atoms with Crippen molar-refractivity contribution in [1.29, 1.82) is 0 Å². The minimum atomic E-state index is -4.20. The first-order valence-corrected chi connectivity index (χ1v) is 34.1. The second kappa shape index (κ2) is 41.3. The number of likely N-dealkylation sites (tertiary alicyclic amines) is 1. The average Bonchev–Trinajstić information content (AvgIpc) is 1.34. The van der Waals surface area contributed by atoms with Gasteiger partial charge in [-0.05, 0) is 112 Å². The molecule has 1 aliphatic heterocycles. The van der Waals surface area contributed by atoms with Gasteiger partial charge in [0.15, 0.2) is 5.82 Å². The summed E-state index contributed by atoms with van der Waals surface area (Å²) in [4.78, 5) is 127. The zero-order chi connectivity index (χ0) is 72.5. The van der Waals surface area contributed by atoms with Crippen LogP contribution in [0, 0.1) is 5.92 Å². The van der Waals surface area contributed by atoms with E-state index in [1.807, 2.05) is 30.5 Å². The van der Waals surface area contributed by atoms with Gasteiger partial charge in [0.05, 0.1) is 73.8 Å². The summed E-state index contributed by atoms with van der Waals surface area (Å²) < 4.78 is 53.2. The number of benzene rings is 4. The Balaban J connectivity index is 0.00000936. The zero-order valence-electron chi connectivity index (χ0n) is 58.4. The van der Waals surface area contributed by atoms with Crippen molar-refractivity contribution in [2.24, 2.45) is 5.92 Å². The summed E-state index contributed by atoms with van der Waals surface area (Å²) in [6.07, 6.45) is -0.514. The Labute approximate surface area is 634 Å². The first-order valence-electron chi connectivity index (χ1n) is 32.6. The molecule has 0 aliphatic carbocycles. The van der Waals surface area contributed by atoms with Gasteiger partial charge in [0, 0.05) is 85.6 Å². The van der Waals surface area contributed by atoms with Crippen molar-refractivity contribution in [2.75, 3.05) is 91.9 Å². The number of pyridine rings is 1. The number of fused-ring (bicyclic) bond motifs is 3. The quantitative estimate of drug-likeness (QED) is 0.0138. The molecule has 3 heterocycles. The number of para-hydroxylation sites is 1. The van der Waals surface area contributed by atoms with E-state index in [1.54, 1.807) is 39.8 Å². The minimum absolute atomic E-state index is 0. The molecule has 35 heteroatoms. The zero-order valence-corrected chi connectivity index (χ0v) is 63.3. The Morgan fingerprint density at radius 1 is 0.676 bits per heavy atom. The van der Waals surface area contributed by atoms with Gasteiger partial charge in [-0.3, -0.25) is 23.9 Å². The van der Waals surface area contributed by atoms with Gasteiger partial charge in [-0.25, -0.2) is 32.8 Å². The molecule has 0 radical (unpaired) electrons. The number of sulfonamides is 1. The summed E-state index contributed by atoms with van der Waals surface area (Å²) in [5.41, 5.74) is 1.52. The molecule has 4 aromatic carbocycles. The summed E-state index contributed by atoms with van der Waals surface area (Å²) in [5, 5.41) is 59.0. The maximum atomic E-state index is 14.2. The van der Waals surface area contributed by atoms with Crippen LogP contribution in [0.1, 0.15) is 97.5 Å². The van der Waals surface area contributed by atoms with Crippen molar-refractivity contribution in [1.82, 2.24) is 46.0 Å². The molecule has 10 amide bonds. The van der Waals surface area contributed by atoms with Crippen LogP contribution in [0.25, 0.3) is 21.9 Å². The van der Waals surface area contributed by atoms with E-state index in [1.165, 1.54) is 77.7 Å². The number of carboxylic acid groups (broad SMARTS) is 2. The van der Waals surface area contributed by atoms with E-state index in [0.29, 0.717) is 54.1 Å². The number of ether oxygens (including phenoxy) is 4. The number of hydrogen-bond donors (Lipinski definition) is 11. The maximum absolute atomic E-state index is 14.2. The van der Waals surface area contributed by atoms with E-state index >= 15 is 0 Å². The van der Waals surface area contributed by atoms with Crippen LogP contribution in [0.4, 0.5) is 43.0 Å². The monoisotopic (exact) mass is 1450 g/mol. The van der Waals surface area contributed by atoms with Crippen LogP contribution < -0.4 is 122 Å². The van der Waals surface area contributed by atoms with E-state index in [4.69, 9.17) is 28.9 Å². The number of nitrogens with zero attached hydrogens (tertiary/aromatic N) is 4. The molecular weight excluding hydrogens is 1370 g/mol. The van der Waals surface area contributed by atoms with Crippen molar-refractivity contribution in [3.63, 3.8) is 0 Å². The average molecular weight is 1450 g/mol. The smallest absolute Gasteiger partial charge is 0.550 e. The second-order valence-electron chi connectivity index (χ2n) is 24.3. The number of rotatable bonds is 38. The SMILES string of the molecule is CCCNC(=O)Nc1cccc(S(=O)(=O)Nc2cccc([C@@H](CC(=O)[O-])NC(=O)Nc3ccc(NC(=O)NCCOCCOCCOCCC(=O)N[C@@H](CC(=O)[O-])C(=O)N4CCC[C@H]4C(=O)N[C@H](C(=O)Nc4nc5ccccc5c5c4nc(COCC)n5CC(C)(C)O)C(C)C)cc3)c2)c1.[Na+].[Na+]. The number of amides is 10. The topological polar surface area (TPSA) is 445 Å². The van der Waals surface area contributed by atoms with Gasteiger partial charge in [-0.2, -0.15) is 0 Å². The maximum Gasteiger partial charge on any atom is 1.00 e. The number of aliphatic carboxylic acids is 2. The van der Waals surface area contributed by atoms with Crippen molar-refractivity contribution >= 4 is 114 Å². The van der Waals surface area contributed by atoms with Crippen LogP contribution in [0.2, 0.25) is 0 Å². The van der Waals surface area contributed by atoms with E-state index in [9.17, 15) is 66.9 Å². The fraction of sp³-hybridized carbons (Fsp3) is 0.448. The van der Waals surface area contributed by atoms with Gasteiger partial charge in [-0.1, -0.05) is 57.2 Å². The fourth-order valence-electron chi connectivity index (χ4n) is 10.6. The van der Waals surface area contributed by atoms with Crippen LogP contribution in [-0.2, 0) is 70.9 Å². The Morgan fingerprint density at radius 3 is 1.94 bits per heavy atom. The van der Waals surface area contributed by atoms with Gasteiger partial charge >= 0.3 is 77.2 Å². The number of carbonyl (C=O) groups is 9. The molecule has 0 unspecified atom stereocenters. The number of carbonyl (C=O) groups excluding carboxylic acids is 9. The van der Waals surface area contributed by atoms with Crippen LogP contribution in [0.3, 0.4) is 0 Å². The first-order chi connectivity index (χ1) is 47.7. The number of hydrogen-bond acceptors (Lipinski definition) is 20. The predicted molar refractivity (Wildman–Crippen MR) is 364 cm³/mol. The van der Waals surface area contributed by atoms with E-state index < -0.39 is 112 Å². The number of nitrogens with one attached hydrogen (secondary N) is 10. The Morgan fingerprint density at radius 2 is 1.29 bits per heavy atom. The molecule has 11 N–H and O–H groups in total. The fourth-order valence-corrected chi connectivity index (χ4v) is 11.7. The minimum Gasteiger partial charge on any atom is -0.550 e. The van der Waals surface area contributed by atoms with Gasteiger partial charge in [0.25, 0.3) is 10.0 Å². The molecule has 2 aromatic heterocycles. The molecule has 0 saturated carbocycles. The molecule has 1 saturated heterocycles. The normalized spacial score (nSPS) is 13.7. The molecule has 0 bridgehead atoms. The standard InChI is InChI=1S/C67H88N14O18S.2Na/c1-7-26-68-64(90)72-45-15-12-17-47(36-45)100(94,95)79-46-16-11-14-42(35-46)50(37-55(83)84)75-66(92)71-44-23-21-43(22-24-44)70-65(91)69-27-30-98-32-34-99-33-31-97-29-25-54(82)73-51(38-56(85)86)63(89)80-28-13-20-52(80)61(87)77-57(41(3)4)62(88)78-60-58-59(48-18-9-10-19-49(48)74-60)81(40-67(5,6)93)53(76-58)39-96-8-2;;/h9-12,14-19,21-24,35-36,41,50-52,57,79,93H,7-8,13,20,25-34,37-40H2,1-6H3,(H,73,82)(H,77,87)(H,83,84)(H,85,86)(H2,68,72,90)(H2,69,70,91)(H2,71,75,92)(H,74,78,88);;/q;2*+1/p-2/t50-,51+,52+,57+;;/m1../s1. The summed E-state index contributed by atoms with van der Waals surface area (Å²) in [5.74, 6) is -5.76. The molecule has 4 atom stereocenters. The molecule has 6 aromatic rings. The second-order valence-corrected chi connectivity index (χ2v) is 25.9. The molecule has 32 nitrogen and oxygen atoms in total.